The number of ether oxygens (including phenoxy) is 1. The van der Waals surface area contributed by atoms with E-state index in [2.05, 4.69) is 45.6 Å². The number of benzene rings is 3. The van der Waals surface area contributed by atoms with E-state index >= 15 is 0 Å². The molecule has 2 heterocycles. The van der Waals surface area contributed by atoms with Crippen molar-refractivity contribution in [2.45, 2.75) is 19.5 Å². The van der Waals surface area contributed by atoms with Gasteiger partial charge in [0.05, 0.1) is 12.6 Å². The fourth-order valence-corrected chi connectivity index (χ4v) is 4.21. The molecule has 0 unspecified atom stereocenters. The van der Waals surface area contributed by atoms with Crippen LogP contribution in [0.5, 0.6) is 11.5 Å². The first kappa shape index (κ1) is 20.2. The minimum absolute atomic E-state index is 0.0117. The van der Waals surface area contributed by atoms with Gasteiger partial charge in [-0.15, -0.1) is 5.92 Å². The number of nitrogens with zero attached hydrogens (tertiary/aromatic N) is 1. The van der Waals surface area contributed by atoms with Crippen LogP contribution in [0.4, 0.5) is 5.69 Å². The second-order valence-corrected chi connectivity index (χ2v) is 8.13. The number of anilines is 1. The van der Waals surface area contributed by atoms with Crippen LogP contribution in [0.25, 0.3) is 11.1 Å². The summed E-state index contributed by atoms with van der Waals surface area (Å²) in [5.74, 6) is 7.63. The molecule has 160 valence electrons. The predicted molar refractivity (Wildman–Crippen MR) is 127 cm³/mol. The largest absolute Gasteiger partial charge is 0.457 e. The number of rotatable bonds is 6. The molecule has 1 fully saturated rings. The molecule has 5 rings (SSSR count). The number of amides is 1. The Kier molecular flexibility index (Phi) is 5.53. The molecule has 2 aliphatic heterocycles. The maximum atomic E-state index is 12.4. The van der Waals surface area contributed by atoms with Crippen molar-refractivity contribution in [2.24, 2.45) is 0 Å². The van der Waals surface area contributed by atoms with Crippen molar-refractivity contribution in [3.8, 4) is 34.5 Å². The third-order valence-electron chi connectivity index (χ3n) is 5.87. The van der Waals surface area contributed by atoms with E-state index in [-0.39, 0.29) is 5.91 Å². The molecule has 5 heteroatoms. The predicted octanol–water partition coefficient (Wildman–Crippen LogP) is 4.51. The molecule has 5 nitrogen and oxygen atoms in total. The van der Waals surface area contributed by atoms with Gasteiger partial charge in [0.15, 0.2) is 0 Å². The minimum Gasteiger partial charge on any atom is -0.457 e. The summed E-state index contributed by atoms with van der Waals surface area (Å²) in [5, 5.41) is 6.56. The van der Waals surface area contributed by atoms with Gasteiger partial charge in [0, 0.05) is 30.9 Å². The number of nitrogens with one attached hydrogen (secondary N) is 2. The molecule has 0 bridgehead atoms. The van der Waals surface area contributed by atoms with Gasteiger partial charge < -0.3 is 15.4 Å². The van der Waals surface area contributed by atoms with E-state index in [1.54, 1.807) is 0 Å². The van der Waals surface area contributed by atoms with E-state index in [1.165, 1.54) is 0 Å². The van der Waals surface area contributed by atoms with Crippen molar-refractivity contribution in [3.63, 3.8) is 0 Å². The monoisotopic (exact) mass is 423 g/mol. The van der Waals surface area contributed by atoms with E-state index in [4.69, 9.17) is 4.74 Å². The molecular formula is C27H25N3O2. The third kappa shape index (κ3) is 4.18. The highest BCUT2D eigenvalue weighted by molar-refractivity contribution is 6.01. The SMILES string of the molecule is CC#CCN1CC(Nc2cc3c(c(-c4ccc(Oc5ccccc5)cc4)c2)CNC3=O)C1. The van der Waals surface area contributed by atoms with Crippen LogP contribution in [0.15, 0.2) is 66.7 Å². The lowest BCUT2D eigenvalue weighted by Crippen LogP contribution is -2.54. The quantitative estimate of drug-likeness (QED) is 0.573. The third-order valence-corrected chi connectivity index (χ3v) is 5.87. The second-order valence-electron chi connectivity index (χ2n) is 8.13. The minimum atomic E-state index is -0.0117. The van der Waals surface area contributed by atoms with Crippen molar-refractivity contribution in [1.82, 2.24) is 10.2 Å². The van der Waals surface area contributed by atoms with Crippen molar-refractivity contribution < 1.29 is 9.53 Å². The molecule has 0 aromatic heterocycles. The highest BCUT2D eigenvalue weighted by Gasteiger charge is 2.28. The molecule has 0 atom stereocenters. The van der Waals surface area contributed by atoms with Crippen LogP contribution < -0.4 is 15.4 Å². The lowest BCUT2D eigenvalue weighted by atomic mass is 9.95. The van der Waals surface area contributed by atoms with Gasteiger partial charge in [0.25, 0.3) is 5.91 Å². The van der Waals surface area contributed by atoms with E-state index in [0.717, 1.165) is 59.1 Å². The molecule has 3 aromatic rings. The summed E-state index contributed by atoms with van der Waals surface area (Å²) in [6, 6.07) is 22.3. The van der Waals surface area contributed by atoms with E-state index in [1.807, 2.05) is 55.5 Å². The summed E-state index contributed by atoms with van der Waals surface area (Å²) in [4.78, 5) is 14.7. The van der Waals surface area contributed by atoms with Gasteiger partial charge in [0.2, 0.25) is 0 Å². The zero-order valence-corrected chi connectivity index (χ0v) is 18.0. The Bertz CT molecular complexity index is 1190. The fraction of sp³-hybridized carbons (Fsp3) is 0.222. The Labute approximate surface area is 188 Å². The molecule has 32 heavy (non-hydrogen) atoms. The molecule has 0 spiro atoms. The standard InChI is InChI=1S/C27H25N3O2/c1-2-3-13-30-17-21(18-30)29-20-14-24(26-16-28-27(31)25(26)15-20)19-9-11-23(12-10-19)32-22-7-5-4-6-8-22/h4-12,14-15,21,29H,13,16-18H2,1H3,(H,28,31). The van der Waals surface area contributed by atoms with Gasteiger partial charge in [0.1, 0.15) is 11.5 Å². The lowest BCUT2D eigenvalue weighted by Gasteiger charge is -2.39. The Hall–Kier alpha value is -3.75. The molecule has 2 aliphatic rings. The first-order valence-corrected chi connectivity index (χ1v) is 10.9. The van der Waals surface area contributed by atoms with Crippen molar-refractivity contribution >= 4 is 11.6 Å². The number of hydrogen-bond acceptors (Lipinski definition) is 4. The fourth-order valence-electron chi connectivity index (χ4n) is 4.21. The molecule has 0 radical (unpaired) electrons. The van der Waals surface area contributed by atoms with Crippen LogP contribution >= 0.6 is 0 Å². The van der Waals surface area contributed by atoms with Gasteiger partial charge in [-0.05, 0) is 60.0 Å². The van der Waals surface area contributed by atoms with Crippen LogP contribution in [0.2, 0.25) is 0 Å². The maximum absolute atomic E-state index is 12.4. The van der Waals surface area contributed by atoms with Gasteiger partial charge in [-0.25, -0.2) is 0 Å². The normalized spacial score (nSPS) is 15.2. The average Bonchev–Trinajstić information content (AvgIpc) is 3.17. The first-order chi connectivity index (χ1) is 15.7. The first-order valence-electron chi connectivity index (χ1n) is 10.9. The average molecular weight is 424 g/mol. The zero-order chi connectivity index (χ0) is 21.9. The van der Waals surface area contributed by atoms with E-state index in [0.29, 0.717) is 12.6 Å². The Morgan fingerprint density at radius 2 is 1.75 bits per heavy atom. The van der Waals surface area contributed by atoms with Gasteiger partial charge in [-0.2, -0.15) is 0 Å². The summed E-state index contributed by atoms with van der Waals surface area (Å²) < 4.78 is 5.92. The molecule has 0 saturated carbocycles. The molecular weight excluding hydrogens is 398 g/mol. The highest BCUT2D eigenvalue weighted by Crippen LogP contribution is 2.34. The summed E-state index contributed by atoms with van der Waals surface area (Å²) in [6.07, 6.45) is 0. The second kappa shape index (κ2) is 8.78. The summed E-state index contributed by atoms with van der Waals surface area (Å²) in [6.45, 7) is 5.15. The summed E-state index contributed by atoms with van der Waals surface area (Å²) in [5.41, 5.74) is 4.91. The van der Waals surface area contributed by atoms with Gasteiger partial charge >= 0.3 is 0 Å². The van der Waals surface area contributed by atoms with Crippen molar-refractivity contribution in [1.29, 1.82) is 0 Å². The number of para-hydroxylation sites is 1. The molecule has 1 saturated heterocycles. The Morgan fingerprint density at radius 1 is 1.03 bits per heavy atom. The molecule has 3 aromatic carbocycles. The van der Waals surface area contributed by atoms with E-state index < -0.39 is 0 Å². The van der Waals surface area contributed by atoms with E-state index in [9.17, 15) is 4.79 Å². The zero-order valence-electron chi connectivity index (χ0n) is 18.0. The van der Waals surface area contributed by atoms with Crippen LogP contribution in [0, 0.1) is 11.8 Å². The van der Waals surface area contributed by atoms with Crippen LogP contribution in [0.1, 0.15) is 22.8 Å². The Morgan fingerprint density at radius 3 is 2.50 bits per heavy atom. The smallest absolute Gasteiger partial charge is 0.251 e. The lowest BCUT2D eigenvalue weighted by molar-refractivity contribution is 0.0965. The van der Waals surface area contributed by atoms with Gasteiger partial charge in [-0.3, -0.25) is 9.69 Å². The number of carbonyl (C=O) groups excluding carboxylic acids is 1. The number of likely N-dealkylation sites (tertiary alicyclic amines) is 1. The number of fused-ring (bicyclic) bond motifs is 1. The van der Waals surface area contributed by atoms with Crippen molar-refractivity contribution in [2.75, 3.05) is 25.0 Å². The number of carbonyl (C=O) groups is 1. The summed E-state index contributed by atoms with van der Waals surface area (Å²) in [7, 11) is 0. The van der Waals surface area contributed by atoms with Crippen LogP contribution in [0.3, 0.4) is 0 Å². The van der Waals surface area contributed by atoms with Crippen LogP contribution in [-0.2, 0) is 6.54 Å². The molecule has 1 amide bonds. The summed E-state index contributed by atoms with van der Waals surface area (Å²) >= 11 is 0. The topological polar surface area (TPSA) is 53.6 Å². The molecule has 2 N–H and O–H groups in total. The number of hydrogen-bond donors (Lipinski definition) is 2. The molecule has 0 aliphatic carbocycles. The van der Waals surface area contributed by atoms with Crippen molar-refractivity contribution in [3.05, 3.63) is 77.9 Å². The highest BCUT2D eigenvalue weighted by atomic mass is 16.5. The maximum Gasteiger partial charge on any atom is 0.251 e. The van der Waals surface area contributed by atoms with Gasteiger partial charge in [-0.1, -0.05) is 36.3 Å². The Balaban J connectivity index is 1.37. The van der Waals surface area contributed by atoms with Crippen LogP contribution in [-0.4, -0.2) is 36.5 Å².